The Balaban J connectivity index is 2.02. The average molecular weight is 573 g/mol. The molecular formula is C29H32O12. The maximum atomic E-state index is 12.1. The van der Waals surface area contributed by atoms with E-state index in [1.807, 2.05) is 0 Å². The molecule has 1 unspecified atom stereocenters. The first-order valence-corrected chi connectivity index (χ1v) is 12.8. The van der Waals surface area contributed by atoms with Gasteiger partial charge in [-0.05, 0) is 24.1 Å². The minimum atomic E-state index is -1.40. The molecule has 1 fully saturated rings. The maximum Gasteiger partial charge on any atom is 0.310 e. The molecule has 0 aliphatic carbocycles. The number of para-hydroxylation sites is 1. The first-order chi connectivity index (χ1) is 19.4. The van der Waals surface area contributed by atoms with Crippen LogP contribution in [-0.4, -0.2) is 72.3 Å². The third-order valence-corrected chi connectivity index (χ3v) is 6.17. The third-order valence-electron chi connectivity index (χ3n) is 6.17. The van der Waals surface area contributed by atoms with Crippen LogP contribution in [0.25, 0.3) is 11.1 Å². The van der Waals surface area contributed by atoms with Crippen molar-refractivity contribution in [3.63, 3.8) is 0 Å². The van der Waals surface area contributed by atoms with Crippen LogP contribution in [0.15, 0.2) is 48.5 Å². The monoisotopic (exact) mass is 572 g/mol. The average Bonchev–Trinajstić information content (AvgIpc) is 2.90. The molecule has 12 heteroatoms. The predicted octanol–water partition coefficient (Wildman–Crippen LogP) is 3.00. The molecule has 2 aromatic rings. The van der Waals surface area contributed by atoms with Gasteiger partial charge in [-0.3, -0.25) is 24.0 Å². The Labute approximate surface area is 236 Å². The van der Waals surface area contributed by atoms with E-state index in [0.717, 1.165) is 20.8 Å². The number of aliphatic carboxylic acids is 1. The Morgan fingerprint density at radius 1 is 0.780 bits per heavy atom. The van der Waals surface area contributed by atoms with Crippen LogP contribution < -0.4 is 4.74 Å². The second-order valence-electron chi connectivity index (χ2n) is 9.36. The van der Waals surface area contributed by atoms with E-state index < -0.39 is 66.5 Å². The summed E-state index contributed by atoms with van der Waals surface area (Å²) >= 11 is 0. The molecule has 0 amide bonds. The standard InChI is InChI=1S/C29H32O12/c1-15(28(34)35)20-10-12-21(13-11-20)22-8-6-7-9-23(22)40-29-27(39-19(5)33)26(38-18(4)32)25(37-17(3)31)24(41-29)14-36-16(2)30/h6-13,15,24-27,29H,14H2,1-5H3,(H,34,35)/t15?,24-,25-,26+,27+,29+/m1/s1. The minimum absolute atomic E-state index is 0.285. The summed E-state index contributed by atoms with van der Waals surface area (Å²) in [7, 11) is 0. The zero-order valence-corrected chi connectivity index (χ0v) is 23.2. The van der Waals surface area contributed by atoms with Gasteiger partial charge in [-0.25, -0.2) is 0 Å². The summed E-state index contributed by atoms with van der Waals surface area (Å²) in [5.41, 5.74) is 1.89. The van der Waals surface area contributed by atoms with Crippen molar-refractivity contribution in [2.45, 2.75) is 71.2 Å². The number of rotatable bonds is 10. The molecule has 6 atom stereocenters. The number of esters is 4. The third kappa shape index (κ3) is 8.27. The SMILES string of the molecule is CC(=O)OC[C@H]1O[C@H](Oc2ccccc2-c2ccc(C(C)C(=O)O)cc2)[C@@H](OC(C)=O)[C@@H](OC(C)=O)[C@@H]1OC(C)=O. The summed E-state index contributed by atoms with van der Waals surface area (Å²) in [6.45, 7) is 5.78. The van der Waals surface area contributed by atoms with Gasteiger partial charge in [0.05, 0.1) is 5.92 Å². The van der Waals surface area contributed by atoms with E-state index in [1.54, 1.807) is 55.5 Å². The van der Waals surface area contributed by atoms with Crippen molar-refractivity contribution in [2.75, 3.05) is 6.61 Å². The number of ether oxygens (including phenoxy) is 6. The van der Waals surface area contributed by atoms with Crippen molar-refractivity contribution in [3.8, 4) is 16.9 Å². The van der Waals surface area contributed by atoms with E-state index in [2.05, 4.69) is 0 Å². The van der Waals surface area contributed by atoms with Gasteiger partial charge in [0.25, 0.3) is 0 Å². The van der Waals surface area contributed by atoms with Crippen LogP contribution in [0.3, 0.4) is 0 Å². The Bertz CT molecular complexity index is 1270. The van der Waals surface area contributed by atoms with Crippen molar-refractivity contribution >= 4 is 29.8 Å². The second kappa shape index (κ2) is 13.8. The van der Waals surface area contributed by atoms with E-state index in [4.69, 9.17) is 28.4 Å². The lowest BCUT2D eigenvalue weighted by Gasteiger charge is -2.44. The highest BCUT2D eigenvalue weighted by Gasteiger charge is 2.53. The minimum Gasteiger partial charge on any atom is -0.481 e. The van der Waals surface area contributed by atoms with Gasteiger partial charge in [0.2, 0.25) is 12.4 Å². The molecule has 0 spiro atoms. The first-order valence-electron chi connectivity index (χ1n) is 12.8. The Morgan fingerprint density at radius 2 is 1.34 bits per heavy atom. The Hall–Kier alpha value is -4.45. The normalized spacial score (nSPS) is 22.5. The molecular weight excluding hydrogens is 540 g/mol. The van der Waals surface area contributed by atoms with Crippen LogP contribution >= 0.6 is 0 Å². The van der Waals surface area contributed by atoms with Crippen LogP contribution in [0, 0.1) is 0 Å². The van der Waals surface area contributed by atoms with Crippen LogP contribution in [0.1, 0.15) is 46.1 Å². The summed E-state index contributed by atoms with van der Waals surface area (Å²) in [5.74, 6) is -4.25. The highest BCUT2D eigenvalue weighted by Crippen LogP contribution is 2.35. The van der Waals surface area contributed by atoms with Gasteiger partial charge in [-0.15, -0.1) is 0 Å². The zero-order chi connectivity index (χ0) is 30.3. The summed E-state index contributed by atoms with van der Waals surface area (Å²) in [6, 6.07) is 13.7. The van der Waals surface area contributed by atoms with Crippen molar-refractivity contribution in [1.82, 2.24) is 0 Å². The van der Waals surface area contributed by atoms with Crippen molar-refractivity contribution in [2.24, 2.45) is 0 Å². The van der Waals surface area contributed by atoms with Crippen LogP contribution in [0.5, 0.6) is 5.75 Å². The zero-order valence-electron chi connectivity index (χ0n) is 23.2. The van der Waals surface area contributed by atoms with Gasteiger partial charge in [-0.2, -0.15) is 0 Å². The molecule has 0 radical (unpaired) electrons. The van der Waals surface area contributed by atoms with Crippen molar-refractivity contribution < 1.29 is 57.5 Å². The molecule has 0 bridgehead atoms. The maximum absolute atomic E-state index is 12.1. The van der Waals surface area contributed by atoms with E-state index in [9.17, 15) is 29.1 Å². The largest absolute Gasteiger partial charge is 0.481 e. The Morgan fingerprint density at radius 3 is 1.90 bits per heavy atom. The van der Waals surface area contributed by atoms with Crippen molar-refractivity contribution in [1.29, 1.82) is 0 Å². The lowest BCUT2D eigenvalue weighted by atomic mass is 9.97. The molecule has 2 aromatic carbocycles. The molecule has 1 saturated heterocycles. The lowest BCUT2D eigenvalue weighted by Crippen LogP contribution is -2.63. The number of carbonyl (C=O) groups excluding carboxylic acids is 4. The van der Waals surface area contributed by atoms with Gasteiger partial charge in [0.1, 0.15) is 18.5 Å². The van der Waals surface area contributed by atoms with Gasteiger partial charge in [0, 0.05) is 33.3 Å². The fourth-order valence-electron chi connectivity index (χ4n) is 4.31. The molecule has 1 N–H and O–H groups in total. The highest BCUT2D eigenvalue weighted by molar-refractivity contribution is 5.77. The number of carboxylic acids is 1. The van der Waals surface area contributed by atoms with E-state index >= 15 is 0 Å². The van der Waals surface area contributed by atoms with Gasteiger partial charge in [0.15, 0.2) is 12.2 Å². The highest BCUT2D eigenvalue weighted by atomic mass is 16.7. The summed E-state index contributed by atoms with van der Waals surface area (Å²) < 4.78 is 33.6. The molecule has 41 heavy (non-hydrogen) atoms. The summed E-state index contributed by atoms with van der Waals surface area (Å²) in [4.78, 5) is 59.0. The number of benzene rings is 2. The number of hydrogen-bond acceptors (Lipinski definition) is 11. The topological polar surface area (TPSA) is 161 Å². The summed E-state index contributed by atoms with van der Waals surface area (Å²) in [6.07, 6.45) is -6.63. The molecule has 1 heterocycles. The van der Waals surface area contributed by atoms with E-state index in [-0.39, 0.29) is 12.4 Å². The van der Waals surface area contributed by atoms with Gasteiger partial charge < -0.3 is 33.5 Å². The van der Waals surface area contributed by atoms with E-state index in [0.29, 0.717) is 16.7 Å². The Kier molecular flexibility index (Phi) is 10.4. The van der Waals surface area contributed by atoms with Crippen LogP contribution in [0.4, 0.5) is 0 Å². The van der Waals surface area contributed by atoms with Crippen LogP contribution in [0.2, 0.25) is 0 Å². The number of hydrogen-bond donors (Lipinski definition) is 1. The smallest absolute Gasteiger partial charge is 0.310 e. The lowest BCUT2D eigenvalue weighted by molar-refractivity contribution is -0.288. The number of carbonyl (C=O) groups is 5. The summed E-state index contributed by atoms with van der Waals surface area (Å²) in [5, 5.41) is 9.31. The number of carboxylic acid groups (broad SMARTS) is 1. The quantitative estimate of drug-likeness (QED) is 0.328. The molecule has 220 valence electrons. The predicted molar refractivity (Wildman–Crippen MR) is 141 cm³/mol. The molecule has 12 nitrogen and oxygen atoms in total. The molecule has 1 aliphatic heterocycles. The second-order valence-corrected chi connectivity index (χ2v) is 9.36. The van der Waals surface area contributed by atoms with Gasteiger partial charge in [-0.1, -0.05) is 42.5 Å². The first kappa shape index (κ1) is 31.1. The van der Waals surface area contributed by atoms with Crippen molar-refractivity contribution in [3.05, 3.63) is 54.1 Å². The van der Waals surface area contributed by atoms with E-state index in [1.165, 1.54) is 6.92 Å². The van der Waals surface area contributed by atoms with Gasteiger partial charge >= 0.3 is 29.8 Å². The molecule has 3 rings (SSSR count). The molecule has 0 saturated carbocycles. The fraction of sp³-hybridized carbons (Fsp3) is 0.414. The fourth-order valence-corrected chi connectivity index (χ4v) is 4.31. The van der Waals surface area contributed by atoms with Crippen LogP contribution in [-0.2, 0) is 47.7 Å². The molecule has 0 aromatic heterocycles. The molecule has 1 aliphatic rings.